The van der Waals surface area contributed by atoms with Gasteiger partial charge in [-0.2, -0.15) is 4.31 Å². The number of hydrogen-bond acceptors (Lipinski definition) is 4. The van der Waals surface area contributed by atoms with Crippen molar-refractivity contribution in [2.24, 2.45) is 0 Å². The SMILES string of the molecule is CC1COC(CO)CN1S(=O)(=O)c1c(F)cccc1F. The Balaban J connectivity index is 2.43. The maximum Gasteiger partial charge on any atom is 0.249 e. The minimum absolute atomic E-state index is 0.0561. The smallest absolute Gasteiger partial charge is 0.249 e. The van der Waals surface area contributed by atoms with E-state index in [0.717, 1.165) is 22.5 Å². The van der Waals surface area contributed by atoms with E-state index in [-0.39, 0.29) is 19.8 Å². The van der Waals surface area contributed by atoms with Crippen molar-refractivity contribution in [3.05, 3.63) is 29.8 Å². The van der Waals surface area contributed by atoms with E-state index in [4.69, 9.17) is 9.84 Å². The molecule has 1 saturated heterocycles. The molecule has 0 aromatic heterocycles. The molecular weight excluding hydrogens is 292 g/mol. The summed E-state index contributed by atoms with van der Waals surface area (Å²) in [5.74, 6) is -2.27. The molecular formula is C12H15F2NO4S. The first-order chi connectivity index (χ1) is 9.37. The molecule has 1 aromatic carbocycles. The Morgan fingerprint density at radius 3 is 2.55 bits per heavy atom. The highest BCUT2D eigenvalue weighted by Gasteiger charge is 2.38. The Morgan fingerprint density at radius 2 is 2.00 bits per heavy atom. The lowest BCUT2D eigenvalue weighted by molar-refractivity contribution is -0.0517. The van der Waals surface area contributed by atoms with E-state index in [1.54, 1.807) is 6.92 Å². The zero-order valence-electron chi connectivity index (χ0n) is 10.8. The molecule has 0 aliphatic carbocycles. The zero-order chi connectivity index (χ0) is 14.9. The van der Waals surface area contributed by atoms with E-state index in [0.29, 0.717) is 0 Å². The van der Waals surface area contributed by atoms with Crippen molar-refractivity contribution < 1.29 is 27.0 Å². The van der Waals surface area contributed by atoms with Crippen LogP contribution >= 0.6 is 0 Å². The van der Waals surface area contributed by atoms with E-state index in [1.165, 1.54) is 0 Å². The summed E-state index contributed by atoms with van der Waals surface area (Å²) in [4.78, 5) is -0.967. The fraction of sp³-hybridized carbons (Fsp3) is 0.500. The molecule has 0 amide bonds. The van der Waals surface area contributed by atoms with Crippen LogP contribution in [0.25, 0.3) is 0 Å². The van der Waals surface area contributed by atoms with Crippen LogP contribution in [0.2, 0.25) is 0 Å². The number of halogens is 2. The maximum atomic E-state index is 13.7. The lowest BCUT2D eigenvalue weighted by Gasteiger charge is -2.36. The van der Waals surface area contributed by atoms with Gasteiger partial charge in [-0.1, -0.05) is 6.07 Å². The molecule has 20 heavy (non-hydrogen) atoms. The molecule has 1 N–H and O–H groups in total. The highest BCUT2D eigenvalue weighted by molar-refractivity contribution is 7.89. The van der Waals surface area contributed by atoms with Crippen molar-refractivity contribution in [1.82, 2.24) is 4.31 Å². The van der Waals surface area contributed by atoms with Gasteiger partial charge in [-0.15, -0.1) is 0 Å². The molecule has 0 radical (unpaired) electrons. The fourth-order valence-electron chi connectivity index (χ4n) is 2.08. The van der Waals surface area contributed by atoms with E-state index < -0.39 is 38.7 Å². The highest BCUT2D eigenvalue weighted by Crippen LogP contribution is 2.26. The number of morpholine rings is 1. The summed E-state index contributed by atoms with van der Waals surface area (Å²) in [6.07, 6.45) is -0.698. The summed E-state index contributed by atoms with van der Waals surface area (Å²) >= 11 is 0. The molecule has 0 saturated carbocycles. The molecule has 0 spiro atoms. The Labute approximate surface area is 115 Å². The van der Waals surface area contributed by atoms with Gasteiger partial charge in [0.05, 0.1) is 19.3 Å². The first-order valence-electron chi connectivity index (χ1n) is 6.06. The Morgan fingerprint density at radius 1 is 1.40 bits per heavy atom. The number of ether oxygens (including phenoxy) is 1. The number of sulfonamides is 1. The van der Waals surface area contributed by atoms with Gasteiger partial charge in [-0.25, -0.2) is 17.2 Å². The van der Waals surface area contributed by atoms with Crippen LogP contribution < -0.4 is 0 Å². The number of hydrogen-bond donors (Lipinski definition) is 1. The molecule has 2 atom stereocenters. The maximum absolute atomic E-state index is 13.7. The van der Waals surface area contributed by atoms with Crippen LogP contribution in [0, 0.1) is 11.6 Å². The molecule has 5 nitrogen and oxygen atoms in total. The Kier molecular flexibility index (Phi) is 4.38. The van der Waals surface area contributed by atoms with Crippen molar-refractivity contribution in [2.75, 3.05) is 19.8 Å². The van der Waals surface area contributed by atoms with Gasteiger partial charge >= 0.3 is 0 Å². The number of benzene rings is 1. The highest BCUT2D eigenvalue weighted by atomic mass is 32.2. The third kappa shape index (κ3) is 2.69. The standard InChI is InChI=1S/C12H15F2NO4S/c1-8-7-19-9(6-16)5-15(8)20(17,18)12-10(13)3-2-4-11(12)14/h2-4,8-9,16H,5-7H2,1H3. The van der Waals surface area contributed by atoms with E-state index in [9.17, 15) is 17.2 Å². The van der Waals surface area contributed by atoms with Crippen LogP contribution in [0.15, 0.2) is 23.1 Å². The van der Waals surface area contributed by atoms with Crippen LogP contribution in [0.1, 0.15) is 6.92 Å². The predicted octanol–water partition coefficient (Wildman–Crippen LogP) is 0.735. The average Bonchev–Trinajstić information content (AvgIpc) is 2.38. The first kappa shape index (κ1) is 15.3. The van der Waals surface area contributed by atoms with Crippen molar-refractivity contribution >= 4 is 10.0 Å². The number of nitrogens with zero attached hydrogens (tertiary/aromatic N) is 1. The van der Waals surface area contributed by atoms with Gasteiger partial charge in [0, 0.05) is 12.6 Å². The van der Waals surface area contributed by atoms with Crippen molar-refractivity contribution in [3.8, 4) is 0 Å². The monoisotopic (exact) mass is 307 g/mol. The van der Waals surface area contributed by atoms with Crippen LogP contribution in [-0.4, -0.2) is 49.7 Å². The molecule has 1 aliphatic heterocycles. The van der Waals surface area contributed by atoms with Gasteiger partial charge in [0.2, 0.25) is 10.0 Å². The van der Waals surface area contributed by atoms with Crippen molar-refractivity contribution in [3.63, 3.8) is 0 Å². The lowest BCUT2D eigenvalue weighted by atomic mass is 10.2. The van der Waals surface area contributed by atoms with Crippen LogP contribution in [-0.2, 0) is 14.8 Å². The minimum Gasteiger partial charge on any atom is -0.394 e. The summed E-state index contributed by atoms with van der Waals surface area (Å²) in [5.41, 5.74) is 0. The zero-order valence-corrected chi connectivity index (χ0v) is 11.6. The summed E-state index contributed by atoms with van der Waals surface area (Å²) in [6, 6.07) is 2.32. The molecule has 1 aromatic rings. The molecule has 2 rings (SSSR count). The minimum atomic E-state index is -4.32. The quantitative estimate of drug-likeness (QED) is 0.894. The van der Waals surface area contributed by atoms with Crippen molar-refractivity contribution in [2.45, 2.75) is 24.0 Å². The molecule has 8 heteroatoms. The van der Waals surface area contributed by atoms with E-state index in [2.05, 4.69) is 0 Å². The molecule has 1 fully saturated rings. The number of aliphatic hydroxyl groups excluding tert-OH is 1. The van der Waals surface area contributed by atoms with Gasteiger partial charge in [-0.05, 0) is 19.1 Å². The summed E-state index contributed by atoms with van der Waals surface area (Å²) in [5, 5.41) is 9.05. The third-order valence-corrected chi connectivity index (χ3v) is 5.17. The lowest BCUT2D eigenvalue weighted by Crippen LogP contribution is -2.52. The normalized spacial score (nSPS) is 24.8. The second kappa shape index (κ2) is 5.72. The van der Waals surface area contributed by atoms with E-state index in [1.807, 2.05) is 0 Å². The first-order valence-corrected chi connectivity index (χ1v) is 7.50. The summed E-state index contributed by atoms with van der Waals surface area (Å²) < 4.78 is 58.4. The van der Waals surface area contributed by atoms with Gasteiger partial charge in [0.15, 0.2) is 4.90 Å². The third-order valence-electron chi connectivity index (χ3n) is 3.14. The Bertz CT molecular complexity index is 573. The average molecular weight is 307 g/mol. The molecule has 2 unspecified atom stereocenters. The largest absolute Gasteiger partial charge is 0.394 e. The molecule has 1 aliphatic rings. The van der Waals surface area contributed by atoms with Gasteiger partial charge in [0.1, 0.15) is 11.6 Å². The summed E-state index contributed by atoms with van der Waals surface area (Å²) in [7, 11) is -4.32. The van der Waals surface area contributed by atoms with Gasteiger partial charge < -0.3 is 9.84 Å². The van der Waals surface area contributed by atoms with Gasteiger partial charge in [0.25, 0.3) is 0 Å². The van der Waals surface area contributed by atoms with Crippen LogP contribution in [0.5, 0.6) is 0 Å². The second-order valence-corrected chi connectivity index (χ2v) is 6.44. The van der Waals surface area contributed by atoms with Gasteiger partial charge in [-0.3, -0.25) is 0 Å². The number of aliphatic hydroxyl groups is 1. The van der Waals surface area contributed by atoms with Crippen LogP contribution in [0.4, 0.5) is 8.78 Å². The molecule has 1 heterocycles. The Hall–Kier alpha value is -1.09. The topological polar surface area (TPSA) is 66.8 Å². The van der Waals surface area contributed by atoms with Crippen LogP contribution in [0.3, 0.4) is 0 Å². The summed E-state index contributed by atoms with van der Waals surface area (Å²) in [6.45, 7) is 1.12. The molecule has 0 bridgehead atoms. The second-order valence-electron chi connectivity index (χ2n) is 4.61. The van der Waals surface area contributed by atoms with Crippen molar-refractivity contribution in [1.29, 1.82) is 0 Å². The number of rotatable bonds is 3. The molecule has 112 valence electrons. The van der Waals surface area contributed by atoms with E-state index >= 15 is 0 Å². The predicted molar refractivity (Wildman–Crippen MR) is 66.5 cm³/mol. The fourth-order valence-corrected chi connectivity index (χ4v) is 3.84.